The van der Waals surface area contributed by atoms with Crippen LogP contribution in [0.15, 0.2) is 72.8 Å². The maximum Gasteiger partial charge on any atom is 0.0431 e. The van der Waals surface area contributed by atoms with Gasteiger partial charge >= 0.3 is 0 Å². The topological polar surface area (TPSA) is 9.72 Å². The molecule has 3 nitrogen and oxygen atoms in total. The number of benzene rings is 3. The van der Waals surface area contributed by atoms with Crippen LogP contribution in [0, 0.1) is 0 Å². The number of nitrogens with zero attached hydrogens (tertiary/aromatic N) is 3. The standard InChI is InChI=1S/C27H33N3/c1-4-16-28-22-10-7-12-24(19-22)29(17-5-2)26-14-9-15-27(21-26)30(18-6-3)25-13-8-11-23(28)20-25/h7-15,19-21H,4-6,16-18H2,1-3H3. The molecule has 0 aromatic heterocycles. The lowest BCUT2D eigenvalue weighted by molar-refractivity contribution is 0.866. The molecular formula is C27H33N3. The van der Waals surface area contributed by atoms with Crippen molar-refractivity contribution in [2.75, 3.05) is 34.3 Å². The van der Waals surface area contributed by atoms with E-state index in [4.69, 9.17) is 0 Å². The summed E-state index contributed by atoms with van der Waals surface area (Å²) in [5.41, 5.74) is 7.54. The first-order chi connectivity index (χ1) is 14.7. The Morgan fingerprint density at radius 1 is 0.433 bits per heavy atom. The second-order valence-electron chi connectivity index (χ2n) is 8.01. The highest BCUT2D eigenvalue weighted by Gasteiger charge is 2.18. The van der Waals surface area contributed by atoms with Crippen molar-refractivity contribution in [3.8, 4) is 0 Å². The van der Waals surface area contributed by atoms with Crippen molar-refractivity contribution < 1.29 is 0 Å². The lowest BCUT2D eigenvalue weighted by atomic mass is 10.1. The second-order valence-corrected chi connectivity index (χ2v) is 8.01. The fourth-order valence-electron chi connectivity index (χ4n) is 4.38. The Labute approximate surface area is 181 Å². The fourth-order valence-corrected chi connectivity index (χ4v) is 4.38. The molecule has 3 aromatic carbocycles. The summed E-state index contributed by atoms with van der Waals surface area (Å²) in [7, 11) is 0. The molecule has 0 N–H and O–H groups in total. The van der Waals surface area contributed by atoms with Gasteiger partial charge in [-0.1, -0.05) is 39.0 Å². The summed E-state index contributed by atoms with van der Waals surface area (Å²) in [6, 6.07) is 27.0. The molecule has 0 atom stereocenters. The van der Waals surface area contributed by atoms with Crippen LogP contribution in [0.25, 0.3) is 0 Å². The predicted octanol–water partition coefficient (Wildman–Crippen LogP) is 7.64. The molecule has 30 heavy (non-hydrogen) atoms. The van der Waals surface area contributed by atoms with E-state index in [1.54, 1.807) is 0 Å². The normalized spacial score (nSPS) is 13.1. The van der Waals surface area contributed by atoms with Gasteiger partial charge in [0, 0.05) is 53.8 Å². The molecule has 0 radical (unpaired) electrons. The predicted molar refractivity (Wildman–Crippen MR) is 131 cm³/mol. The van der Waals surface area contributed by atoms with E-state index in [0.717, 1.165) is 38.9 Å². The van der Waals surface area contributed by atoms with Crippen LogP contribution in [0.5, 0.6) is 0 Å². The first-order valence-electron chi connectivity index (χ1n) is 11.4. The van der Waals surface area contributed by atoms with Gasteiger partial charge in [-0.2, -0.15) is 0 Å². The van der Waals surface area contributed by atoms with Crippen LogP contribution in [-0.4, -0.2) is 19.6 Å². The number of rotatable bonds is 6. The third-order valence-electron chi connectivity index (χ3n) is 5.70. The number of hydrogen-bond donors (Lipinski definition) is 0. The third kappa shape index (κ3) is 4.02. The average molecular weight is 400 g/mol. The molecule has 0 amide bonds. The molecule has 0 fully saturated rings. The first-order valence-corrected chi connectivity index (χ1v) is 11.4. The van der Waals surface area contributed by atoms with Gasteiger partial charge in [-0.25, -0.2) is 0 Å². The molecular weight excluding hydrogens is 366 g/mol. The van der Waals surface area contributed by atoms with E-state index in [9.17, 15) is 0 Å². The summed E-state index contributed by atoms with van der Waals surface area (Å²) in [6.07, 6.45) is 3.31. The number of fused-ring (bicyclic) bond motifs is 6. The second kappa shape index (κ2) is 9.25. The average Bonchev–Trinajstić information content (AvgIpc) is 2.79. The third-order valence-corrected chi connectivity index (χ3v) is 5.70. The Bertz CT molecular complexity index is 796. The zero-order valence-corrected chi connectivity index (χ0v) is 18.5. The van der Waals surface area contributed by atoms with Crippen LogP contribution in [0.4, 0.5) is 34.1 Å². The zero-order valence-electron chi connectivity index (χ0n) is 18.5. The molecule has 0 unspecified atom stereocenters. The van der Waals surface area contributed by atoms with Crippen molar-refractivity contribution in [3.63, 3.8) is 0 Å². The Balaban J connectivity index is 1.96. The lowest BCUT2D eigenvalue weighted by Crippen LogP contribution is -2.23. The quantitative estimate of drug-likeness (QED) is 0.421. The summed E-state index contributed by atoms with van der Waals surface area (Å²) < 4.78 is 0. The van der Waals surface area contributed by atoms with Crippen molar-refractivity contribution in [2.24, 2.45) is 0 Å². The maximum atomic E-state index is 2.46. The Morgan fingerprint density at radius 2 is 0.667 bits per heavy atom. The molecule has 1 aliphatic rings. The highest BCUT2D eigenvalue weighted by Crippen LogP contribution is 2.38. The van der Waals surface area contributed by atoms with Crippen molar-refractivity contribution in [1.82, 2.24) is 0 Å². The van der Waals surface area contributed by atoms with Crippen LogP contribution in [0.3, 0.4) is 0 Å². The van der Waals surface area contributed by atoms with Crippen molar-refractivity contribution in [3.05, 3.63) is 72.8 Å². The van der Waals surface area contributed by atoms with E-state index >= 15 is 0 Å². The maximum absolute atomic E-state index is 2.46. The molecule has 3 aromatic rings. The van der Waals surface area contributed by atoms with Crippen LogP contribution in [-0.2, 0) is 0 Å². The summed E-state index contributed by atoms with van der Waals surface area (Å²) in [6.45, 7) is 9.75. The van der Waals surface area contributed by atoms with Gasteiger partial charge < -0.3 is 14.7 Å². The first kappa shape index (κ1) is 20.3. The molecule has 0 saturated heterocycles. The minimum Gasteiger partial charge on any atom is -0.341 e. The van der Waals surface area contributed by atoms with Gasteiger partial charge in [0.25, 0.3) is 0 Å². The number of hydrogen-bond acceptors (Lipinski definition) is 3. The van der Waals surface area contributed by atoms with E-state index in [-0.39, 0.29) is 0 Å². The van der Waals surface area contributed by atoms with Crippen molar-refractivity contribution in [1.29, 1.82) is 0 Å². The minimum absolute atomic E-state index is 1.000. The largest absolute Gasteiger partial charge is 0.341 e. The van der Waals surface area contributed by atoms with Gasteiger partial charge in [-0.05, 0) is 73.9 Å². The van der Waals surface area contributed by atoms with Gasteiger partial charge in [0.15, 0.2) is 0 Å². The van der Waals surface area contributed by atoms with Crippen LogP contribution >= 0.6 is 0 Å². The summed E-state index contributed by atoms with van der Waals surface area (Å²) in [4.78, 5) is 7.37. The molecule has 3 heteroatoms. The molecule has 0 aliphatic carbocycles. The zero-order chi connectivity index (χ0) is 20.9. The fraction of sp³-hybridized carbons (Fsp3) is 0.333. The Kier molecular flexibility index (Phi) is 6.27. The summed E-state index contributed by atoms with van der Waals surface area (Å²) in [5, 5.41) is 0. The van der Waals surface area contributed by atoms with Gasteiger partial charge in [0.1, 0.15) is 0 Å². The summed E-state index contributed by atoms with van der Waals surface area (Å²) >= 11 is 0. The van der Waals surface area contributed by atoms with E-state index in [1.165, 1.54) is 34.1 Å². The number of anilines is 6. The van der Waals surface area contributed by atoms with Gasteiger partial charge in [0.2, 0.25) is 0 Å². The van der Waals surface area contributed by atoms with Gasteiger partial charge in [-0.15, -0.1) is 0 Å². The molecule has 4 rings (SSSR count). The van der Waals surface area contributed by atoms with Crippen LogP contribution < -0.4 is 14.7 Å². The van der Waals surface area contributed by atoms with E-state index < -0.39 is 0 Å². The molecule has 156 valence electrons. The van der Waals surface area contributed by atoms with Gasteiger partial charge in [0.05, 0.1) is 0 Å². The van der Waals surface area contributed by atoms with Crippen molar-refractivity contribution in [2.45, 2.75) is 40.0 Å². The molecule has 0 saturated carbocycles. The van der Waals surface area contributed by atoms with Crippen LogP contribution in [0.2, 0.25) is 0 Å². The Hall–Kier alpha value is -2.94. The smallest absolute Gasteiger partial charge is 0.0431 e. The minimum atomic E-state index is 1.000. The van der Waals surface area contributed by atoms with Crippen LogP contribution in [0.1, 0.15) is 40.0 Å². The van der Waals surface area contributed by atoms with E-state index in [1.807, 2.05) is 0 Å². The summed E-state index contributed by atoms with van der Waals surface area (Å²) in [5.74, 6) is 0. The molecule has 1 heterocycles. The monoisotopic (exact) mass is 399 g/mol. The SMILES string of the molecule is CCCN1c2cccc(c2)N(CCC)c2cccc(c2)N(CCC)c2cccc1c2. The lowest BCUT2D eigenvalue weighted by Gasteiger charge is -2.32. The highest BCUT2D eigenvalue weighted by atomic mass is 15.2. The van der Waals surface area contributed by atoms with Gasteiger partial charge in [-0.3, -0.25) is 0 Å². The highest BCUT2D eigenvalue weighted by molar-refractivity contribution is 5.78. The van der Waals surface area contributed by atoms with Crippen molar-refractivity contribution >= 4 is 34.1 Å². The molecule has 0 spiro atoms. The van der Waals surface area contributed by atoms with E-state index in [0.29, 0.717) is 0 Å². The molecule has 6 bridgehead atoms. The Morgan fingerprint density at radius 3 is 0.867 bits per heavy atom. The van der Waals surface area contributed by atoms with E-state index in [2.05, 4.69) is 108 Å². The molecule has 1 aliphatic heterocycles.